The van der Waals surface area contributed by atoms with E-state index in [0.29, 0.717) is 23.8 Å². The van der Waals surface area contributed by atoms with Gasteiger partial charge in [-0.05, 0) is 36.8 Å². The van der Waals surface area contributed by atoms with Crippen LogP contribution < -0.4 is 20.5 Å². The van der Waals surface area contributed by atoms with Gasteiger partial charge < -0.3 is 20.5 Å². The summed E-state index contributed by atoms with van der Waals surface area (Å²) in [5.74, 6) is 1.03. The summed E-state index contributed by atoms with van der Waals surface area (Å²) in [5.41, 5.74) is 7.26. The van der Waals surface area contributed by atoms with Crippen LogP contribution in [0.5, 0.6) is 11.5 Å². The molecule has 2 rings (SSSR count). The standard InChI is InChI=1S/C17H21N3O3/c1-12(18)9-17(21)20-14-3-4-15(22-2)16(10-14)23-11-13-5-7-19-8-6-13/h3-8,10,12H,9,11,18H2,1-2H3,(H,20,21). The number of carbonyl (C=O) groups is 1. The van der Waals surface area contributed by atoms with E-state index < -0.39 is 0 Å². The second kappa shape index (κ2) is 8.14. The summed E-state index contributed by atoms with van der Waals surface area (Å²) in [4.78, 5) is 15.8. The molecule has 23 heavy (non-hydrogen) atoms. The first kappa shape index (κ1) is 16.8. The molecule has 3 N–H and O–H groups in total. The molecule has 1 unspecified atom stereocenters. The Morgan fingerprint density at radius 2 is 2.00 bits per heavy atom. The second-order valence-electron chi connectivity index (χ2n) is 5.24. The summed E-state index contributed by atoms with van der Waals surface area (Å²) in [7, 11) is 1.57. The lowest BCUT2D eigenvalue weighted by atomic mass is 10.2. The van der Waals surface area contributed by atoms with E-state index >= 15 is 0 Å². The third kappa shape index (κ3) is 5.27. The van der Waals surface area contributed by atoms with Crippen molar-refractivity contribution in [3.8, 4) is 11.5 Å². The summed E-state index contributed by atoms with van der Waals surface area (Å²) in [6, 6.07) is 8.82. The maximum atomic E-state index is 11.8. The summed E-state index contributed by atoms with van der Waals surface area (Å²) in [6.45, 7) is 2.17. The Labute approximate surface area is 135 Å². The molecule has 0 saturated heterocycles. The van der Waals surface area contributed by atoms with Gasteiger partial charge in [-0.2, -0.15) is 0 Å². The number of hydrogen-bond acceptors (Lipinski definition) is 5. The number of amides is 1. The number of nitrogens with one attached hydrogen (secondary N) is 1. The van der Waals surface area contributed by atoms with E-state index in [4.69, 9.17) is 15.2 Å². The van der Waals surface area contributed by atoms with Gasteiger partial charge in [0.15, 0.2) is 11.5 Å². The number of methoxy groups -OCH3 is 1. The van der Waals surface area contributed by atoms with Crippen LogP contribution >= 0.6 is 0 Å². The minimum Gasteiger partial charge on any atom is -0.493 e. The van der Waals surface area contributed by atoms with Crippen molar-refractivity contribution in [2.24, 2.45) is 5.73 Å². The van der Waals surface area contributed by atoms with Crippen LogP contribution in [0.25, 0.3) is 0 Å². The molecular weight excluding hydrogens is 294 g/mol. The number of nitrogens with zero attached hydrogens (tertiary/aromatic N) is 1. The molecule has 1 aromatic carbocycles. The van der Waals surface area contributed by atoms with Gasteiger partial charge in [-0.15, -0.1) is 0 Å². The highest BCUT2D eigenvalue weighted by molar-refractivity contribution is 5.91. The number of rotatable bonds is 7. The van der Waals surface area contributed by atoms with Gasteiger partial charge in [0.25, 0.3) is 0 Å². The molecule has 1 heterocycles. The number of carbonyl (C=O) groups excluding carboxylic acids is 1. The number of benzene rings is 1. The average molecular weight is 315 g/mol. The number of anilines is 1. The third-order valence-electron chi connectivity index (χ3n) is 3.10. The Kier molecular flexibility index (Phi) is 5.94. The van der Waals surface area contributed by atoms with Crippen molar-refractivity contribution >= 4 is 11.6 Å². The molecule has 0 aliphatic heterocycles. The van der Waals surface area contributed by atoms with E-state index in [2.05, 4.69) is 10.3 Å². The van der Waals surface area contributed by atoms with Gasteiger partial charge in [0.1, 0.15) is 6.61 Å². The van der Waals surface area contributed by atoms with Crippen LogP contribution in [0.4, 0.5) is 5.69 Å². The fourth-order valence-corrected chi connectivity index (χ4v) is 2.01. The average Bonchev–Trinajstić information content (AvgIpc) is 2.53. The van der Waals surface area contributed by atoms with E-state index in [1.54, 1.807) is 44.6 Å². The Morgan fingerprint density at radius 1 is 1.26 bits per heavy atom. The van der Waals surface area contributed by atoms with E-state index in [-0.39, 0.29) is 18.4 Å². The molecular formula is C17H21N3O3. The van der Waals surface area contributed by atoms with Gasteiger partial charge in [-0.3, -0.25) is 9.78 Å². The molecule has 0 spiro atoms. The maximum Gasteiger partial charge on any atom is 0.225 e. The van der Waals surface area contributed by atoms with Crippen molar-refractivity contribution in [2.75, 3.05) is 12.4 Å². The molecule has 0 radical (unpaired) electrons. The number of aromatic nitrogens is 1. The van der Waals surface area contributed by atoms with E-state index in [9.17, 15) is 4.79 Å². The summed E-state index contributed by atoms with van der Waals surface area (Å²) >= 11 is 0. The van der Waals surface area contributed by atoms with Gasteiger partial charge in [-0.1, -0.05) is 0 Å². The molecule has 1 amide bonds. The van der Waals surface area contributed by atoms with Crippen LogP contribution in [0.1, 0.15) is 18.9 Å². The van der Waals surface area contributed by atoms with E-state index in [1.165, 1.54) is 0 Å². The lowest BCUT2D eigenvalue weighted by Gasteiger charge is -2.13. The van der Waals surface area contributed by atoms with Gasteiger partial charge in [-0.25, -0.2) is 0 Å². The smallest absolute Gasteiger partial charge is 0.225 e. The zero-order chi connectivity index (χ0) is 16.7. The topological polar surface area (TPSA) is 86.5 Å². The molecule has 6 nitrogen and oxygen atoms in total. The Balaban J connectivity index is 2.07. The molecule has 1 aromatic heterocycles. The lowest BCUT2D eigenvalue weighted by Crippen LogP contribution is -2.23. The van der Waals surface area contributed by atoms with Crippen molar-refractivity contribution in [1.29, 1.82) is 0 Å². The molecule has 0 bridgehead atoms. The number of hydrogen-bond donors (Lipinski definition) is 2. The highest BCUT2D eigenvalue weighted by Crippen LogP contribution is 2.31. The number of ether oxygens (including phenoxy) is 2. The first-order chi connectivity index (χ1) is 11.1. The molecule has 2 aromatic rings. The normalized spacial score (nSPS) is 11.6. The lowest BCUT2D eigenvalue weighted by molar-refractivity contribution is -0.116. The Hall–Kier alpha value is -2.60. The first-order valence-electron chi connectivity index (χ1n) is 7.33. The largest absolute Gasteiger partial charge is 0.493 e. The Bertz CT molecular complexity index is 645. The van der Waals surface area contributed by atoms with Gasteiger partial charge in [0.05, 0.1) is 7.11 Å². The van der Waals surface area contributed by atoms with Crippen LogP contribution in [0.15, 0.2) is 42.7 Å². The molecule has 0 aliphatic carbocycles. The zero-order valence-electron chi connectivity index (χ0n) is 13.3. The predicted octanol–water partition coefficient (Wildman–Crippen LogP) is 2.34. The summed E-state index contributed by atoms with van der Waals surface area (Å²) < 4.78 is 11.1. The third-order valence-corrected chi connectivity index (χ3v) is 3.10. The number of pyridine rings is 1. The molecule has 122 valence electrons. The van der Waals surface area contributed by atoms with Crippen LogP contribution in [-0.4, -0.2) is 24.0 Å². The minimum atomic E-state index is -0.185. The van der Waals surface area contributed by atoms with Gasteiger partial charge >= 0.3 is 0 Å². The van der Waals surface area contributed by atoms with Crippen molar-refractivity contribution in [2.45, 2.75) is 26.0 Å². The first-order valence-corrected chi connectivity index (χ1v) is 7.33. The van der Waals surface area contributed by atoms with Crippen LogP contribution in [0.2, 0.25) is 0 Å². The van der Waals surface area contributed by atoms with E-state index in [1.807, 2.05) is 12.1 Å². The van der Waals surface area contributed by atoms with Crippen LogP contribution in [-0.2, 0) is 11.4 Å². The highest BCUT2D eigenvalue weighted by Gasteiger charge is 2.10. The molecule has 0 fully saturated rings. The molecule has 1 atom stereocenters. The van der Waals surface area contributed by atoms with Crippen molar-refractivity contribution in [3.63, 3.8) is 0 Å². The fraction of sp³-hybridized carbons (Fsp3) is 0.294. The summed E-state index contributed by atoms with van der Waals surface area (Å²) in [5, 5.41) is 2.80. The SMILES string of the molecule is COc1ccc(NC(=O)CC(C)N)cc1OCc1ccncc1. The van der Waals surface area contributed by atoms with Crippen LogP contribution in [0, 0.1) is 0 Å². The maximum absolute atomic E-state index is 11.8. The van der Waals surface area contributed by atoms with Crippen LogP contribution in [0.3, 0.4) is 0 Å². The second-order valence-corrected chi connectivity index (χ2v) is 5.24. The van der Waals surface area contributed by atoms with Gasteiger partial charge in [0.2, 0.25) is 5.91 Å². The summed E-state index contributed by atoms with van der Waals surface area (Å²) in [6.07, 6.45) is 3.68. The van der Waals surface area contributed by atoms with Gasteiger partial charge in [0, 0.05) is 36.6 Å². The quantitative estimate of drug-likeness (QED) is 0.819. The molecule has 6 heteroatoms. The van der Waals surface area contributed by atoms with Crippen molar-refractivity contribution in [1.82, 2.24) is 4.98 Å². The highest BCUT2D eigenvalue weighted by atomic mass is 16.5. The number of nitrogens with two attached hydrogens (primary N) is 1. The monoisotopic (exact) mass is 315 g/mol. The molecule has 0 saturated carbocycles. The van der Waals surface area contributed by atoms with E-state index in [0.717, 1.165) is 5.56 Å². The Morgan fingerprint density at radius 3 is 2.65 bits per heavy atom. The fourth-order valence-electron chi connectivity index (χ4n) is 2.01. The predicted molar refractivity (Wildman–Crippen MR) is 88.5 cm³/mol. The van der Waals surface area contributed by atoms with Crippen molar-refractivity contribution < 1.29 is 14.3 Å². The molecule has 0 aliphatic rings. The van der Waals surface area contributed by atoms with Crippen molar-refractivity contribution in [3.05, 3.63) is 48.3 Å². The minimum absolute atomic E-state index is 0.134. The zero-order valence-corrected chi connectivity index (χ0v) is 13.3.